The number of halogens is 1. The van der Waals surface area contributed by atoms with Crippen molar-refractivity contribution in [2.75, 3.05) is 5.73 Å². The Hall–Kier alpha value is -2.07. The molecule has 18 heavy (non-hydrogen) atoms. The molecule has 0 aliphatic heterocycles. The zero-order valence-electron chi connectivity index (χ0n) is 9.76. The first-order valence-electron chi connectivity index (χ1n) is 5.50. The molecule has 0 aliphatic carbocycles. The van der Waals surface area contributed by atoms with E-state index in [-0.39, 0.29) is 0 Å². The van der Waals surface area contributed by atoms with Gasteiger partial charge in [0.05, 0.1) is 5.52 Å². The van der Waals surface area contributed by atoms with E-state index in [9.17, 15) is 0 Å². The monoisotopic (exact) mass is 258 g/mol. The van der Waals surface area contributed by atoms with E-state index >= 15 is 0 Å². The molecule has 2 N–H and O–H groups in total. The second-order valence-corrected chi connectivity index (χ2v) is 4.45. The molecule has 0 atom stereocenters. The van der Waals surface area contributed by atoms with Crippen LogP contribution in [0.2, 0.25) is 5.15 Å². The third-order valence-corrected chi connectivity index (χ3v) is 3.19. The Morgan fingerprint density at radius 2 is 2.11 bits per heavy atom. The molecule has 0 bridgehead atoms. The van der Waals surface area contributed by atoms with Crippen molar-refractivity contribution in [3.05, 3.63) is 41.7 Å². The van der Waals surface area contributed by atoms with Crippen LogP contribution in [-0.2, 0) is 7.05 Å². The van der Waals surface area contributed by atoms with Gasteiger partial charge in [-0.1, -0.05) is 11.6 Å². The summed E-state index contributed by atoms with van der Waals surface area (Å²) in [5.41, 5.74) is 9.17. The first-order chi connectivity index (χ1) is 8.66. The summed E-state index contributed by atoms with van der Waals surface area (Å²) in [5.74, 6) is 0. The van der Waals surface area contributed by atoms with Gasteiger partial charge >= 0.3 is 0 Å². The van der Waals surface area contributed by atoms with E-state index in [1.165, 1.54) is 0 Å². The number of nitrogens with two attached hydrogens (primary N) is 1. The van der Waals surface area contributed by atoms with Crippen LogP contribution >= 0.6 is 11.6 Å². The Labute approximate surface area is 109 Å². The lowest BCUT2D eigenvalue weighted by atomic mass is 10.1. The number of anilines is 1. The van der Waals surface area contributed by atoms with Gasteiger partial charge in [0.1, 0.15) is 10.8 Å². The summed E-state index contributed by atoms with van der Waals surface area (Å²) in [6.45, 7) is 0. The molecule has 0 amide bonds. The lowest BCUT2D eigenvalue weighted by Crippen LogP contribution is -1.90. The van der Waals surface area contributed by atoms with Gasteiger partial charge in [-0.05, 0) is 30.3 Å². The molecule has 0 spiro atoms. The molecule has 3 aromatic rings. The number of nitrogens with zero attached hydrogens (tertiary/aromatic N) is 3. The highest BCUT2D eigenvalue weighted by Gasteiger charge is 2.13. The molecular weight excluding hydrogens is 248 g/mol. The molecule has 0 radical (unpaired) electrons. The van der Waals surface area contributed by atoms with Crippen molar-refractivity contribution in [2.45, 2.75) is 0 Å². The fourth-order valence-corrected chi connectivity index (χ4v) is 2.25. The summed E-state index contributed by atoms with van der Waals surface area (Å²) in [6, 6.07) is 9.46. The largest absolute Gasteiger partial charge is 0.399 e. The minimum Gasteiger partial charge on any atom is -0.399 e. The number of pyridine rings is 1. The standard InChI is InChI=1S/C13H11ClN4/c1-18-11-5-4-8(15)7-10(11)12(17-18)9-3-2-6-16-13(9)14/h2-7H,15H2,1H3. The number of aryl methyl sites for hydroxylation is 1. The number of nitrogen functional groups attached to an aromatic ring is 1. The topological polar surface area (TPSA) is 56.7 Å². The van der Waals surface area contributed by atoms with Crippen LogP contribution in [0.25, 0.3) is 22.2 Å². The van der Waals surface area contributed by atoms with Gasteiger partial charge in [0.25, 0.3) is 0 Å². The van der Waals surface area contributed by atoms with E-state index in [2.05, 4.69) is 10.1 Å². The molecule has 4 nitrogen and oxygen atoms in total. The molecule has 0 aliphatic rings. The van der Waals surface area contributed by atoms with Crippen LogP contribution in [0.1, 0.15) is 0 Å². The predicted molar refractivity (Wildman–Crippen MR) is 73.4 cm³/mol. The molecule has 0 unspecified atom stereocenters. The Bertz CT molecular complexity index is 733. The molecule has 2 heterocycles. The van der Waals surface area contributed by atoms with Crippen LogP contribution in [0, 0.1) is 0 Å². The van der Waals surface area contributed by atoms with Crippen molar-refractivity contribution in [2.24, 2.45) is 7.05 Å². The third-order valence-electron chi connectivity index (χ3n) is 2.89. The summed E-state index contributed by atoms with van der Waals surface area (Å²) in [4.78, 5) is 4.08. The van der Waals surface area contributed by atoms with Crippen molar-refractivity contribution in [1.82, 2.24) is 14.8 Å². The van der Waals surface area contributed by atoms with E-state index < -0.39 is 0 Å². The van der Waals surface area contributed by atoms with Gasteiger partial charge < -0.3 is 5.73 Å². The lowest BCUT2D eigenvalue weighted by molar-refractivity contribution is 0.800. The minimum absolute atomic E-state index is 0.444. The molecule has 0 saturated carbocycles. The predicted octanol–water partition coefficient (Wildman–Crippen LogP) is 2.87. The van der Waals surface area contributed by atoms with E-state index in [1.807, 2.05) is 42.1 Å². The summed E-state index contributed by atoms with van der Waals surface area (Å²) in [5, 5.41) is 5.92. The summed E-state index contributed by atoms with van der Waals surface area (Å²) < 4.78 is 1.81. The SMILES string of the molecule is Cn1nc(-c2cccnc2Cl)c2cc(N)ccc21. The van der Waals surface area contributed by atoms with Crippen LogP contribution in [0.3, 0.4) is 0 Å². The molecule has 5 heteroatoms. The fourth-order valence-electron chi connectivity index (χ4n) is 2.04. The first kappa shape index (κ1) is 11.0. The average molecular weight is 259 g/mol. The molecular formula is C13H11ClN4. The van der Waals surface area contributed by atoms with Crippen LogP contribution in [0.4, 0.5) is 5.69 Å². The molecule has 2 aromatic heterocycles. The van der Waals surface area contributed by atoms with Crippen molar-refractivity contribution < 1.29 is 0 Å². The van der Waals surface area contributed by atoms with Gasteiger partial charge in [-0.2, -0.15) is 5.10 Å². The van der Waals surface area contributed by atoms with Crippen LogP contribution in [-0.4, -0.2) is 14.8 Å². The maximum atomic E-state index is 6.12. The third kappa shape index (κ3) is 1.62. The average Bonchev–Trinajstić information content (AvgIpc) is 2.67. The first-order valence-corrected chi connectivity index (χ1v) is 5.88. The van der Waals surface area contributed by atoms with E-state index in [4.69, 9.17) is 17.3 Å². The van der Waals surface area contributed by atoms with Crippen LogP contribution in [0.5, 0.6) is 0 Å². The van der Waals surface area contributed by atoms with Gasteiger partial charge in [0, 0.05) is 29.9 Å². The molecule has 0 fully saturated rings. The summed E-state index contributed by atoms with van der Waals surface area (Å²) in [6.07, 6.45) is 1.66. The second-order valence-electron chi connectivity index (χ2n) is 4.09. The zero-order valence-corrected chi connectivity index (χ0v) is 10.5. The number of hydrogen-bond acceptors (Lipinski definition) is 3. The van der Waals surface area contributed by atoms with Gasteiger partial charge in [-0.15, -0.1) is 0 Å². The summed E-state index contributed by atoms with van der Waals surface area (Å²) in [7, 11) is 1.90. The smallest absolute Gasteiger partial charge is 0.138 e. The second kappa shape index (κ2) is 3.99. The Morgan fingerprint density at radius 1 is 1.28 bits per heavy atom. The fraction of sp³-hybridized carbons (Fsp3) is 0.0769. The number of hydrogen-bond donors (Lipinski definition) is 1. The van der Waals surface area contributed by atoms with Gasteiger partial charge in [-0.25, -0.2) is 4.98 Å². The lowest BCUT2D eigenvalue weighted by Gasteiger charge is -2.00. The number of aromatic nitrogens is 3. The Balaban J connectivity index is 2.36. The highest BCUT2D eigenvalue weighted by atomic mass is 35.5. The zero-order chi connectivity index (χ0) is 12.7. The van der Waals surface area contributed by atoms with E-state index in [0.29, 0.717) is 10.8 Å². The maximum Gasteiger partial charge on any atom is 0.138 e. The summed E-state index contributed by atoms with van der Waals surface area (Å²) >= 11 is 6.12. The van der Waals surface area contributed by atoms with Crippen LogP contribution in [0.15, 0.2) is 36.5 Å². The molecule has 0 saturated heterocycles. The van der Waals surface area contributed by atoms with Gasteiger partial charge in [0.2, 0.25) is 0 Å². The molecule has 90 valence electrons. The minimum atomic E-state index is 0.444. The number of benzene rings is 1. The van der Waals surface area contributed by atoms with Crippen molar-refractivity contribution in [1.29, 1.82) is 0 Å². The van der Waals surface area contributed by atoms with E-state index in [0.717, 1.165) is 22.2 Å². The van der Waals surface area contributed by atoms with Gasteiger partial charge in [-0.3, -0.25) is 4.68 Å². The Kier molecular flexibility index (Phi) is 2.45. The van der Waals surface area contributed by atoms with Crippen LogP contribution < -0.4 is 5.73 Å². The highest BCUT2D eigenvalue weighted by molar-refractivity contribution is 6.32. The van der Waals surface area contributed by atoms with Crippen molar-refractivity contribution >= 4 is 28.2 Å². The highest BCUT2D eigenvalue weighted by Crippen LogP contribution is 2.32. The number of rotatable bonds is 1. The molecule has 3 rings (SSSR count). The van der Waals surface area contributed by atoms with E-state index in [1.54, 1.807) is 6.20 Å². The number of fused-ring (bicyclic) bond motifs is 1. The molecule has 1 aromatic carbocycles. The normalized spacial score (nSPS) is 11.0. The van der Waals surface area contributed by atoms with Gasteiger partial charge in [0.15, 0.2) is 0 Å². The quantitative estimate of drug-likeness (QED) is 0.539. The van der Waals surface area contributed by atoms with Crippen molar-refractivity contribution in [3.63, 3.8) is 0 Å². The van der Waals surface area contributed by atoms with Crippen molar-refractivity contribution in [3.8, 4) is 11.3 Å². The Morgan fingerprint density at radius 3 is 2.89 bits per heavy atom. The maximum absolute atomic E-state index is 6.12.